The normalized spacial score (nSPS) is 10.6. The van der Waals surface area contributed by atoms with Gasteiger partial charge in [0.2, 0.25) is 0 Å². The minimum Gasteiger partial charge on any atom is -0.309 e. The monoisotopic (exact) mass is 322 g/mol. The Labute approximate surface area is 119 Å². The molecule has 19 heavy (non-hydrogen) atoms. The van der Waals surface area contributed by atoms with E-state index in [0.717, 1.165) is 17.3 Å². The molecule has 1 aromatic carbocycles. The highest BCUT2D eigenvalue weighted by molar-refractivity contribution is 9.10. The van der Waals surface area contributed by atoms with Crippen molar-refractivity contribution < 1.29 is 0 Å². The van der Waals surface area contributed by atoms with Gasteiger partial charge in [-0.15, -0.1) is 0 Å². The Balaban J connectivity index is 2.44. The molecule has 2 rings (SSSR count). The maximum absolute atomic E-state index is 12.1. The third kappa shape index (κ3) is 3.04. The van der Waals surface area contributed by atoms with Crippen LogP contribution in [0.25, 0.3) is 5.69 Å². The SMILES string of the molecule is CCCCn1ccn(-c2ccc(Br)cc2)c(=O)c1=O. The molecule has 0 radical (unpaired) electrons. The highest BCUT2D eigenvalue weighted by Crippen LogP contribution is 2.12. The number of benzene rings is 1. The zero-order chi connectivity index (χ0) is 13.8. The van der Waals surface area contributed by atoms with E-state index in [1.54, 1.807) is 24.5 Å². The molecule has 0 aliphatic heterocycles. The summed E-state index contributed by atoms with van der Waals surface area (Å²) < 4.78 is 3.78. The molecule has 0 N–H and O–H groups in total. The Hall–Kier alpha value is -1.62. The van der Waals surface area contributed by atoms with Crippen LogP contribution in [-0.2, 0) is 6.54 Å². The van der Waals surface area contributed by atoms with Crippen LogP contribution >= 0.6 is 15.9 Å². The van der Waals surface area contributed by atoms with Crippen molar-refractivity contribution in [2.45, 2.75) is 26.3 Å². The molecule has 0 saturated heterocycles. The molecule has 5 heteroatoms. The Kier molecular flexibility index (Phi) is 4.37. The highest BCUT2D eigenvalue weighted by atomic mass is 79.9. The van der Waals surface area contributed by atoms with E-state index in [2.05, 4.69) is 15.9 Å². The Morgan fingerprint density at radius 1 is 1.05 bits per heavy atom. The van der Waals surface area contributed by atoms with Gasteiger partial charge in [-0.1, -0.05) is 29.3 Å². The van der Waals surface area contributed by atoms with Crippen molar-refractivity contribution in [1.82, 2.24) is 9.13 Å². The molecule has 1 aromatic heterocycles. The van der Waals surface area contributed by atoms with Crippen LogP contribution < -0.4 is 11.1 Å². The van der Waals surface area contributed by atoms with Gasteiger partial charge in [-0.2, -0.15) is 0 Å². The van der Waals surface area contributed by atoms with Crippen molar-refractivity contribution in [3.63, 3.8) is 0 Å². The smallest absolute Gasteiger partial charge is 0.309 e. The number of hydrogen-bond acceptors (Lipinski definition) is 2. The molecule has 2 aromatic rings. The van der Waals surface area contributed by atoms with Crippen LogP contribution in [0.3, 0.4) is 0 Å². The van der Waals surface area contributed by atoms with Gasteiger partial charge in [0.1, 0.15) is 0 Å². The third-order valence-electron chi connectivity index (χ3n) is 2.92. The lowest BCUT2D eigenvalue weighted by atomic mass is 10.3. The number of halogens is 1. The van der Waals surface area contributed by atoms with E-state index in [4.69, 9.17) is 0 Å². The lowest BCUT2D eigenvalue weighted by Crippen LogP contribution is -2.39. The fourth-order valence-corrected chi connectivity index (χ4v) is 2.08. The Morgan fingerprint density at radius 3 is 2.37 bits per heavy atom. The second-order valence-electron chi connectivity index (χ2n) is 4.30. The number of aryl methyl sites for hydroxylation is 1. The van der Waals surface area contributed by atoms with E-state index < -0.39 is 11.1 Å². The molecule has 1 heterocycles. The van der Waals surface area contributed by atoms with E-state index in [1.165, 1.54) is 9.13 Å². The average molecular weight is 323 g/mol. The lowest BCUT2D eigenvalue weighted by molar-refractivity contribution is 0.599. The molecule has 0 aliphatic carbocycles. The molecule has 0 bridgehead atoms. The predicted molar refractivity (Wildman–Crippen MR) is 78.9 cm³/mol. The summed E-state index contributed by atoms with van der Waals surface area (Å²) in [6.45, 7) is 2.64. The second-order valence-corrected chi connectivity index (χ2v) is 5.22. The van der Waals surface area contributed by atoms with Crippen molar-refractivity contribution in [2.75, 3.05) is 0 Å². The minimum absolute atomic E-state index is 0.473. The van der Waals surface area contributed by atoms with E-state index in [9.17, 15) is 9.59 Å². The van der Waals surface area contributed by atoms with E-state index in [0.29, 0.717) is 12.2 Å². The van der Waals surface area contributed by atoms with E-state index in [-0.39, 0.29) is 0 Å². The molecule has 0 amide bonds. The first-order chi connectivity index (χ1) is 9.13. The first-order valence-electron chi connectivity index (χ1n) is 6.21. The van der Waals surface area contributed by atoms with E-state index >= 15 is 0 Å². The van der Waals surface area contributed by atoms with Crippen LogP contribution in [0.15, 0.2) is 50.7 Å². The molecule has 0 spiro atoms. The van der Waals surface area contributed by atoms with Crippen molar-refractivity contribution in [3.8, 4) is 5.69 Å². The largest absolute Gasteiger partial charge is 0.320 e. The molecule has 0 saturated carbocycles. The van der Waals surface area contributed by atoms with Crippen LogP contribution in [0.5, 0.6) is 0 Å². The zero-order valence-corrected chi connectivity index (χ0v) is 12.3. The number of hydrogen-bond donors (Lipinski definition) is 0. The van der Waals surface area contributed by atoms with Crippen LogP contribution in [0.1, 0.15) is 19.8 Å². The van der Waals surface area contributed by atoms with Crippen molar-refractivity contribution >= 4 is 15.9 Å². The fraction of sp³-hybridized carbons (Fsp3) is 0.286. The number of unbranched alkanes of at least 4 members (excludes halogenated alkanes) is 1. The first kappa shape index (κ1) is 13.8. The summed E-state index contributed by atoms with van der Waals surface area (Å²) in [5.41, 5.74) is -0.298. The summed E-state index contributed by atoms with van der Waals surface area (Å²) in [5, 5.41) is 0. The average Bonchev–Trinajstić information content (AvgIpc) is 2.42. The maximum Gasteiger partial charge on any atom is 0.320 e. The van der Waals surface area contributed by atoms with Gasteiger partial charge >= 0.3 is 11.1 Å². The number of rotatable bonds is 4. The van der Waals surface area contributed by atoms with Gasteiger partial charge in [-0.3, -0.25) is 14.2 Å². The first-order valence-corrected chi connectivity index (χ1v) is 7.01. The summed E-state index contributed by atoms with van der Waals surface area (Å²) in [6, 6.07) is 7.26. The van der Waals surface area contributed by atoms with Crippen molar-refractivity contribution in [2.24, 2.45) is 0 Å². The molecule has 0 fully saturated rings. The van der Waals surface area contributed by atoms with Crippen molar-refractivity contribution in [1.29, 1.82) is 0 Å². The van der Waals surface area contributed by atoms with Crippen LogP contribution in [0.2, 0.25) is 0 Å². The van der Waals surface area contributed by atoms with Crippen molar-refractivity contribution in [3.05, 3.63) is 61.8 Å². The van der Waals surface area contributed by atoms with Gasteiger partial charge in [0.05, 0.1) is 0 Å². The number of nitrogens with zero attached hydrogens (tertiary/aromatic N) is 2. The zero-order valence-electron chi connectivity index (χ0n) is 10.7. The second kappa shape index (κ2) is 6.02. The van der Waals surface area contributed by atoms with Gasteiger partial charge < -0.3 is 4.57 Å². The standard InChI is InChI=1S/C14H15BrN2O2/c1-2-3-8-16-9-10-17(14(19)13(16)18)12-6-4-11(15)5-7-12/h4-7,9-10H,2-3,8H2,1H3. The molecular formula is C14H15BrN2O2. The summed E-state index contributed by atoms with van der Waals surface area (Å²) in [4.78, 5) is 24.0. The summed E-state index contributed by atoms with van der Waals surface area (Å²) in [7, 11) is 0. The Bertz CT molecular complexity index is 671. The molecule has 0 aliphatic rings. The Morgan fingerprint density at radius 2 is 1.74 bits per heavy atom. The van der Waals surface area contributed by atoms with Gasteiger partial charge in [0.25, 0.3) is 0 Å². The van der Waals surface area contributed by atoms with E-state index in [1.807, 2.05) is 19.1 Å². The van der Waals surface area contributed by atoms with Gasteiger partial charge in [-0.05, 0) is 30.7 Å². The fourth-order valence-electron chi connectivity index (χ4n) is 1.82. The quantitative estimate of drug-likeness (QED) is 0.812. The molecule has 4 nitrogen and oxygen atoms in total. The van der Waals surface area contributed by atoms with Gasteiger partial charge in [0, 0.05) is 29.1 Å². The molecule has 0 atom stereocenters. The summed E-state index contributed by atoms with van der Waals surface area (Å²) in [5.74, 6) is 0. The van der Waals surface area contributed by atoms with Gasteiger partial charge in [0.15, 0.2) is 0 Å². The van der Waals surface area contributed by atoms with Crippen LogP contribution in [-0.4, -0.2) is 9.13 Å². The number of aromatic nitrogens is 2. The molecular weight excluding hydrogens is 308 g/mol. The van der Waals surface area contributed by atoms with Crippen LogP contribution in [0, 0.1) is 0 Å². The highest BCUT2D eigenvalue weighted by Gasteiger charge is 2.06. The van der Waals surface area contributed by atoms with Gasteiger partial charge in [-0.25, -0.2) is 0 Å². The summed E-state index contributed by atoms with van der Waals surface area (Å²) in [6.07, 6.45) is 5.19. The maximum atomic E-state index is 12.1. The predicted octanol–water partition coefficient (Wildman–Crippen LogP) is 2.56. The topological polar surface area (TPSA) is 44.0 Å². The summed E-state index contributed by atoms with van der Waals surface area (Å²) >= 11 is 3.34. The van der Waals surface area contributed by atoms with Crippen LogP contribution in [0.4, 0.5) is 0 Å². The lowest BCUT2D eigenvalue weighted by Gasteiger charge is -2.08. The third-order valence-corrected chi connectivity index (χ3v) is 3.44. The molecule has 100 valence electrons. The molecule has 0 unspecified atom stereocenters. The minimum atomic E-state index is -0.513.